The molecule has 0 aromatic carbocycles. The minimum absolute atomic E-state index is 0.346. The van der Waals surface area contributed by atoms with E-state index < -0.39 is 0 Å². The molecule has 0 aromatic heterocycles. The molecule has 1 nitrogen and oxygen atoms in total. The molecule has 0 radical (unpaired) electrons. The first-order valence-electron chi connectivity index (χ1n) is 5.91. The zero-order valence-electron chi connectivity index (χ0n) is 8.76. The molecular weight excluding hydrogens is 160 g/mol. The van der Waals surface area contributed by atoms with Gasteiger partial charge in [-0.25, -0.2) is 0 Å². The SMILES string of the molecule is CC(O)(CC1CC1)C1CCCCC1. The van der Waals surface area contributed by atoms with Gasteiger partial charge in [0.2, 0.25) is 0 Å². The highest BCUT2D eigenvalue weighted by Crippen LogP contribution is 2.42. The van der Waals surface area contributed by atoms with E-state index in [1.807, 2.05) is 0 Å². The summed E-state index contributed by atoms with van der Waals surface area (Å²) in [6.45, 7) is 2.07. The summed E-state index contributed by atoms with van der Waals surface area (Å²) in [5.74, 6) is 1.46. The predicted molar refractivity (Wildman–Crippen MR) is 54.5 cm³/mol. The van der Waals surface area contributed by atoms with Crippen molar-refractivity contribution in [3.05, 3.63) is 0 Å². The summed E-state index contributed by atoms with van der Waals surface area (Å²) in [6.07, 6.45) is 10.4. The Hall–Kier alpha value is -0.0400. The molecule has 1 unspecified atom stereocenters. The Bertz CT molecular complexity index is 164. The zero-order chi connectivity index (χ0) is 9.31. The second-order valence-corrected chi connectivity index (χ2v) is 5.34. The summed E-state index contributed by atoms with van der Waals surface area (Å²) < 4.78 is 0. The molecule has 1 atom stereocenters. The topological polar surface area (TPSA) is 20.2 Å². The third-order valence-electron chi connectivity index (χ3n) is 3.88. The van der Waals surface area contributed by atoms with Crippen LogP contribution >= 0.6 is 0 Å². The molecule has 1 N–H and O–H groups in total. The Morgan fingerprint density at radius 1 is 1.08 bits per heavy atom. The van der Waals surface area contributed by atoms with Crippen LogP contribution in [0.4, 0.5) is 0 Å². The Kier molecular flexibility index (Phi) is 2.64. The van der Waals surface area contributed by atoms with Gasteiger partial charge in [0.1, 0.15) is 0 Å². The molecule has 0 heterocycles. The Morgan fingerprint density at radius 3 is 2.23 bits per heavy atom. The van der Waals surface area contributed by atoms with Crippen LogP contribution < -0.4 is 0 Å². The Balaban J connectivity index is 1.86. The smallest absolute Gasteiger partial charge is 0.0650 e. The molecule has 0 spiro atoms. The average molecular weight is 182 g/mol. The van der Waals surface area contributed by atoms with Gasteiger partial charge in [-0.05, 0) is 38.0 Å². The first-order chi connectivity index (χ1) is 6.18. The monoisotopic (exact) mass is 182 g/mol. The van der Waals surface area contributed by atoms with E-state index in [1.165, 1.54) is 44.9 Å². The van der Waals surface area contributed by atoms with E-state index in [0.29, 0.717) is 5.92 Å². The van der Waals surface area contributed by atoms with E-state index in [4.69, 9.17) is 0 Å². The molecule has 2 aliphatic rings. The lowest BCUT2D eigenvalue weighted by atomic mass is 9.75. The second-order valence-electron chi connectivity index (χ2n) is 5.34. The van der Waals surface area contributed by atoms with E-state index >= 15 is 0 Å². The van der Waals surface area contributed by atoms with Gasteiger partial charge >= 0.3 is 0 Å². The third kappa shape index (κ3) is 2.46. The zero-order valence-corrected chi connectivity index (χ0v) is 8.76. The minimum atomic E-state index is -0.346. The third-order valence-corrected chi connectivity index (χ3v) is 3.88. The van der Waals surface area contributed by atoms with Crippen molar-refractivity contribution >= 4 is 0 Å². The first kappa shape index (κ1) is 9.51. The molecule has 0 saturated heterocycles. The summed E-state index contributed by atoms with van der Waals surface area (Å²) >= 11 is 0. The van der Waals surface area contributed by atoms with Crippen molar-refractivity contribution in [1.82, 2.24) is 0 Å². The van der Waals surface area contributed by atoms with Gasteiger partial charge in [0.25, 0.3) is 0 Å². The largest absolute Gasteiger partial charge is 0.390 e. The lowest BCUT2D eigenvalue weighted by Crippen LogP contribution is -2.36. The van der Waals surface area contributed by atoms with Crippen molar-refractivity contribution in [2.75, 3.05) is 0 Å². The summed E-state index contributed by atoms with van der Waals surface area (Å²) in [5, 5.41) is 10.3. The standard InChI is InChI=1S/C12H22O/c1-12(13,9-10-7-8-10)11-5-3-2-4-6-11/h10-11,13H,2-9H2,1H3. The van der Waals surface area contributed by atoms with Crippen LogP contribution in [0.1, 0.15) is 58.3 Å². The van der Waals surface area contributed by atoms with Crippen LogP contribution in [-0.2, 0) is 0 Å². The number of aliphatic hydroxyl groups is 1. The normalized spacial score (nSPS) is 30.0. The molecule has 0 bridgehead atoms. The molecular formula is C12H22O. The predicted octanol–water partition coefficient (Wildman–Crippen LogP) is 3.12. The van der Waals surface area contributed by atoms with Gasteiger partial charge in [-0.15, -0.1) is 0 Å². The van der Waals surface area contributed by atoms with Crippen molar-refractivity contribution < 1.29 is 5.11 Å². The summed E-state index contributed by atoms with van der Waals surface area (Å²) in [6, 6.07) is 0. The molecule has 76 valence electrons. The highest BCUT2D eigenvalue weighted by atomic mass is 16.3. The van der Waals surface area contributed by atoms with E-state index in [2.05, 4.69) is 6.92 Å². The lowest BCUT2D eigenvalue weighted by Gasteiger charge is -2.35. The van der Waals surface area contributed by atoms with Gasteiger partial charge in [0.05, 0.1) is 5.60 Å². The van der Waals surface area contributed by atoms with Gasteiger partial charge in [0, 0.05) is 0 Å². The molecule has 0 aromatic rings. The number of rotatable bonds is 3. The maximum absolute atomic E-state index is 10.3. The van der Waals surface area contributed by atoms with Gasteiger partial charge in [-0.3, -0.25) is 0 Å². The quantitative estimate of drug-likeness (QED) is 0.711. The lowest BCUT2D eigenvalue weighted by molar-refractivity contribution is -0.0278. The maximum Gasteiger partial charge on any atom is 0.0650 e. The first-order valence-corrected chi connectivity index (χ1v) is 5.91. The van der Waals surface area contributed by atoms with Crippen molar-refractivity contribution in [3.63, 3.8) is 0 Å². The van der Waals surface area contributed by atoms with Gasteiger partial charge in [0.15, 0.2) is 0 Å². The van der Waals surface area contributed by atoms with E-state index in [9.17, 15) is 5.11 Å². The molecule has 0 aliphatic heterocycles. The molecule has 2 aliphatic carbocycles. The fraction of sp³-hybridized carbons (Fsp3) is 1.00. The van der Waals surface area contributed by atoms with E-state index in [0.717, 1.165) is 12.3 Å². The average Bonchev–Trinajstić information content (AvgIpc) is 2.89. The van der Waals surface area contributed by atoms with Crippen LogP contribution in [0.5, 0.6) is 0 Å². The van der Waals surface area contributed by atoms with Crippen LogP contribution in [0.2, 0.25) is 0 Å². The number of hydrogen-bond donors (Lipinski definition) is 1. The van der Waals surface area contributed by atoms with Crippen LogP contribution in [-0.4, -0.2) is 10.7 Å². The van der Waals surface area contributed by atoms with E-state index in [-0.39, 0.29) is 5.60 Å². The molecule has 2 fully saturated rings. The summed E-state index contributed by atoms with van der Waals surface area (Å²) in [7, 11) is 0. The van der Waals surface area contributed by atoms with Crippen molar-refractivity contribution in [2.24, 2.45) is 11.8 Å². The van der Waals surface area contributed by atoms with Gasteiger partial charge in [-0.2, -0.15) is 0 Å². The fourth-order valence-electron chi connectivity index (χ4n) is 2.80. The van der Waals surface area contributed by atoms with Crippen LogP contribution in [0.25, 0.3) is 0 Å². The molecule has 0 amide bonds. The second kappa shape index (κ2) is 3.61. The van der Waals surface area contributed by atoms with Gasteiger partial charge < -0.3 is 5.11 Å². The summed E-state index contributed by atoms with van der Waals surface area (Å²) in [4.78, 5) is 0. The minimum Gasteiger partial charge on any atom is -0.390 e. The molecule has 13 heavy (non-hydrogen) atoms. The number of hydrogen-bond acceptors (Lipinski definition) is 1. The Morgan fingerprint density at radius 2 is 1.69 bits per heavy atom. The fourth-order valence-corrected chi connectivity index (χ4v) is 2.80. The van der Waals surface area contributed by atoms with Gasteiger partial charge in [-0.1, -0.05) is 32.1 Å². The van der Waals surface area contributed by atoms with Crippen molar-refractivity contribution in [1.29, 1.82) is 0 Å². The van der Waals surface area contributed by atoms with Crippen molar-refractivity contribution in [2.45, 2.75) is 63.9 Å². The molecule has 2 rings (SSSR count). The molecule has 1 heteroatoms. The Labute approximate surface area is 81.5 Å². The van der Waals surface area contributed by atoms with E-state index in [1.54, 1.807) is 0 Å². The van der Waals surface area contributed by atoms with Crippen LogP contribution in [0.15, 0.2) is 0 Å². The highest BCUT2D eigenvalue weighted by Gasteiger charge is 2.37. The summed E-state index contributed by atoms with van der Waals surface area (Å²) in [5.41, 5.74) is -0.346. The van der Waals surface area contributed by atoms with Crippen molar-refractivity contribution in [3.8, 4) is 0 Å². The van der Waals surface area contributed by atoms with Crippen LogP contribution in [0.3, 0.4) is 0 Å². The van der Waals surface area contributed by atoms with Crippen LogP contribution in [0, 0.1) is 11.8 Å². The maximum atomic E-state index is 10.3. The molecule has 2 saturated carbocycles. The highest BCUT2D eigenvalue weighted by molar-refractivity contribution is 4.89.